The number of nitrogens with zero attached hydrogens (tertiary/aromatic N) is 2. The van der Waals surface area contributed by atoms with Crippen LogP contribution in [0.1, 0.15) is 0 Å². The zero-order chi connectivity index (χ0) is 11.2. The van der Waals surface area contributed by atoms with Gasteiger partial charge < -0.3 is 0 Å². The molecule has 2 N–H and O–H groups in total. The van der Waals surface area contributed by atoms with Crippen LogP contribution in [0, 0.1) is 5.82 Å². The SMILES string of the molecule is Cn1nc(S(N)(=O)=O)c2c(F)cccc21. The van der Waals surface area contributed by atoms with E-state index in [0.717, 1.165) is 0 Å². The quantitative estimate of drug-likeness (QED) is 0.766. The van der Waals surface area contributed by atoms with Crippen LogP contribution in [0.15, 0.2) is 23.2 Å². The molecule has 0 fully saturated rings. The molecule has 0 aliphatic rings. The van der Waals surface area contributed by atoms with E-state index in [4.69, 9.17) is 5.14 Å². The number of nitrogens with two attached hydrogens (primary N) is 1. The highest BCUT2D eigenvalue weighted by molar-refractivity contribution is 7.89. The van der Waals surface area contributed by atoms with Gasteiger partial charge in [0.2, 0.25) is 5.03 Å². The fourth-order valence-corrected chi connectivity index (χ4v) is 2.16. The first-order valence-corrected chi connectivity index (χ1v) is 5.60. The minimum atomic E-state index is -4.00. The van der Waals surface area contributed by atoms with Crippen molar-refractivity contribution >= 4 is 20.9 Å². The van der Waals surface area contributed by atoms with Gasteiger partial charge in [-0.1, -0.05) is 6.07 Å². The van der Waals surface area contributed by atoms with Gasteiger partial charge in [-0.05, 0) is 12.1 Å². The van der Waals surface area contributed by atoms with Gasteiger partial charge >= 0.3 is 0 Å². The fraction of sp³-hybridized carbons (Fsp3) is 0.125. The fourth-order valence-electron chi connectivity index (χ4n) is 1.43. The zero-order valence-electron chi connectivity index (χ0n) is 7.81. The molecule has 5 nitrogen and oxygen atoms in total. The lowest BCUT2D eigenvalue weighted by Crippen LogP contribution is -2.13. The molecule has 0 atom stereocenters. The third-order valence-electron chi connectivity index (χ3n) is 2.06. The van der Waals surface area contributed by atoms with Crippen LogP contribution >= 0.6 is 0 Å². The summed E-state index contributed by atoms with van der Waals surface area (Å²) in [6, 6.07) is 4.21. The Bertz CT molecular complexity index is 633. The Morgan fingerprint density at radius 2 is 2.13 bits per heavy atom. The van der Waals surface area contributed by atoms with E-state index in [2.05, 4.69) is 5.10 Å². The van der Waals surface area contributed by atoms with Crippen molar-refractivity contribution in [2.75, 3.05) is 0 Å². The van der Waals surface area contributed by atoms with Crippen molar-refractivity contribution in [3.63, 3.8) is 0 Å². The molecule has 1 aromatic carbocycles. The maximum atomic E-state index is 13.4. The first-order valence-electron chi connectivity index (χ1n) is 4.05. The van der Waals surface area contributed by atoms with Crippen molar-refractivity contribution in [3.8, 4) is 0 Å². The van der Waals surface area contributed by atoms with Crippen LogP contribution in [0.5, 0.6) is 0 Å². The average molecular weight is 229 g/mol. The van der Waals surface area contributed by atoms with Gasteiger partial charge in [0, 0.05) is 7.05 Å². The first kappa shape index (κ1) is 10.1. The largest absolute Gasteiger partial charge is 0.266 e. The Labute approximate surface area is 85.4 Å². The van der Waals surface area contributed by atoms with E-state index in [1.54, 1.807) is 6.07 Å². The molecule has 0 saturated heterocycles. The lowest BCUT2D eigenvalue weighted by molar-refractivity contribution is 0.589. The number of hydrogen-bond donors (Lipinski definition) is 1. The van der Waals surface area contributed by atoms with Crippen LogP contribution in [0.3, 0.4) is 0 Å². The number of aryl methyl sites for hydroxylation is 1. The van der Waals surface area contributed by atoms with Crippen molar-refractivity contribution in [1.82, 2.24) is 9.78 Å². The number of primary sulfonamides is 1. The summed E-state index contributed by atoms with van der Waals surface area (Å²) in [6.07, 6.45) is 0. The predicted molar refractivity (Wildman–Crippen MR) is 52.0 cm³/mol. The van der Waals surface area contributed by atoms with E-state index in [1.807, 2.05) is 0 Å². The summed E-state index contributed by atoms with van der Waals surface area (Å²) in [5, 5.41) is 8.12. The van der Waals surface area contributed by atoms with Crippen molar-refractivity contribution in [1.29, 1.82) is 0 Å². The Morgan fingerprint density at radius 3 is 2.73 bits per heavy atom. The molecule has 0 bridgehead atoms. The van der Waals surface area contributed by atoms with Crippen molar-refractivity contribution in [2.24, 2.45) is 12.2 Å². The number of benzene rings is 1. The summed E-state index contributed by atoms with van der Waals surface area (Å²) < 4.78 is 37.0. The number of fused-ring (bicyclic) bond motifs is 1. The number of sulfonamides is 1. The molecule has 7 heteroatoms. The molecule has 0 unspecified atom stereocenters. The number of halogens is 1. The topological polar surface area (TPSA) is 78.0 Å². The van der Waals surface area contributed by atoms with E-state index in [0.29, 0.717) is 5.52 Å². The first-order chi connectivity index (χ1) is 6.91. The van der Waals surface area contributed by atoms with Gasteiger partial charge in [0.25, 0.3) is 10.0 Å². The summed E-state index contributed by atoms with van der Waals surface area (Å²) in [7, 11) is -2.48. The molecule has 0 aliphatic heterocycles. The molecule has 1 aromatic heterocycles. The van der Waals surface area contributed by atoms with E-state index < -0.39 is 20.9 Å². The van der Waals surface area contributed by atoms with Gasteiger partial charge in [-0.3, -0.25) is 4.68 Å². The van der Waals surface area contributed by atoms with Crippen LogP contribution in [-0.2, 0) is 17.1 Å². The maximum Gasteiger partial charge on any atom is 0.258 e. The number of aromatic nitrogens is 2. The second-order valence-corrected chi connectivity index (χ2v) is 4.58. The lowest BCUT2D eigenvalue weighted by atomic mass is 10.2. The minimum Gasteiger partial charge on any atom is -0.266 e. The third kappa shape index (κ3) is 1.49. The van der Waals surface area contributed by atoms with Crippen LogP contribution in [-0.4, -0.2) is 18.2 Å². The lowest BCUT2D eigenvalue weighted by Gasteiger charge is -1.94. The van der Waals surface area contributed by atoms with E-state index in [1.165, 1.54) is 23.9 Å². The number of hydrogen-bond acceptors (Lipinski definition) is 3. The molecule has 0 amide bonds. The molecular formula is C8H8FN3O2S. The van der Waals surface area contributed by atoms with Gasteiger partial charge in [0.05, 0.1) is 10.9 Å². The van der Waals surface area contributed by atoms with E-state index >= 15 is 0 Å². The molecule has 0 radical (unpaired) electrons. The molecule has 2 rings (SSSR count). The predicted octanol–water partition coefficient (Wildman–Crippen LogP) is 0.360. The average Bonchev–Trinajstić information content (AvgIpc) is 2.45. The molecule has 80 valence electrons. The van der Waals surface area contributed by atoms with Gasteiger partial charge in [-0.15, -0.1) is 0 Å². The highest BCUT2D eigenvalue weighted by Gasteiger charge is 2.20. The second kappa shape index (κ2) is 3.01. The van der Waals surface area contributed by atoms with Crippen LogP contribution in [0.2, 0.25) is 0 Å². The monoisotopic (exact) mass is 229 g/mol. The maximum absolute atomic E-state index is 13.4. The summed E-state index contributed by atoms with van der Waals surface area (Å²) >= 11 is 0. The van der Waals surface area contributed by atoms with Crippen molar-refractivity contribution in [3.05, 3.63) is 24.0 Å². The van der Waals surface area contributed by atoms with Crippen LogP contribution in [0.25, 0.3) is 10.9 Å². The summed E-state index contributed by atoms with van der Waals surface area (Å²) in [4.78, 5) is 0. The summed E-state index contributed by atoms with van der Waals surface area (Å²) in [5.41, 5.74) is 0.388. The Balaban J connectivity index is 3.01. The molecule has 0 aliphatic carbocycles. The molecule has 0 spiro atoms. The Hall–Kier alpha value is -1.47. The summed E-state index contributed by atoms with van der Waals surface area (Å²) in [6.45, 7) is 0. The van der Waals surface area contributed by atoms with Crippen LogP contribution in [0.4, 0.5) is 4.39 Å². The summed E-state index contributed by atoms with van der Waals surface area (Å²) in [5.74, 6) is -0.648. The van der Waals surface area contributed by atoms with Crippen molar-refractivity contribution in [2.45, 2.75) is 5.03 Å². The normalized spacial score (nSPS) is 12.2. The standard InChI is InChI=1S/C8H8FN3O2S/c1-12-6-4-2-3-5(9)7(6)8(11-12)15(10,13)14/h2-4H,1H3,(H2,10,13,14). The Morgan fingerprint density at radius 1 is 1.47 bits per heavy atom. The van der Waals surface area contributed by atoms with Gasteiger partial charge in [-0.2, -0.15) is 5.10 Å². The second-order valence-electron chi connectivity index (χ2n) is 3.11. The molecule has 0 saturated carbocycles. The highest BCUT2D eigenvalue weighted by Crippen LogP contribution is 2.23. The Kier molecular flexibility index (Phi) is 2.02. The molecular weight excluding hydrogens is 221 g/mol. The van der Waals surface area contributed by atoms with Gasteiger partial charge in [0.1, 0.15) is 5.82 Å². The smallest absolute Gasteiger partial charge is 0.258 e. The third-order valence-corrected chi connectivity index (χ3v) is 2.89. The minimum absolute atomic E-state index is 0.0671. The number of rotatable bonds is 1. The van der Waals surface area contributed by atoms with Gasteiger partial charge in [-0.25, -0.2) is 17.9 Å². The molecule has 2 aromatic rings. The van der Waals surface area contributed by atoms with Gasteiger partial charge in [0.15, 0.2) is 0 Å². The van der Waals surface area contributed by atoms with Crippen molar-refractivity contribution < 1.29 is 12.8 Å². The van der Waals surface area contributed by atoms with Crippen LogP contribution < -0.4 is 5.14 Å². The van der Waals surface area contributed by atoms with E-state index in [9.17, 15) is 12.8 Å². The van der Waals surface area contributed by atoms with E-state index in [-0.39, 0.29) is 5.39 Å². The highest BCUT2D eigenvalue weighted by atomic mass is 32.2. The zero-order valence-corrected chi connectivity index (χ0v) is 8.62. The molecule has 15 heavy (non-hydrogen) atoms. The molecule has 1 heterocycles.